The van der Waals surface area contributed by atoms with Gasteiger partial charge in [0.2, 0.25) is 0 Å². The summed E-state index contributed by atoms with van der Waals surface area (Å²) in [5.41, 5.74) is 8.05. The van der Waals surface area contributed by atoms with Gasteiger partial charge < -0.3 is 15.4 Å². The molecule has 0 amide bonds. The lowest BCUT2D eigenvalue weighted by molar-refractivity contribution is 0.322. The zero-order valence-corrected chi connectivity index (χ0v) is 12.8. The number of hydrogen-bond donors (Lipinski definition) is 1. The number of rotatable bonds is 5. The molecule has 112 valence electrons. The molecule has 3 nitrogen and oxygen atoms in total. The summed E-state index contributed by atoms with van der Waals surface area (Å²) in [6, 6.07) is 10.5. The topological polar surface area (TPSA) is 38.5 Å². The van der Waals surface area contributed by atoms with Crippen molar-refractivity contribution in [1.82, 2.24) is 0 Å². The average Bonchev–Trinajstić information content (AvgIpc) is 2.41. The maximum Gasteiger partial charge on any atom is 0.167 e. The molecule has 0 aliphatic rings. The minimum absolute atomic E-state index is 0.208. The maximum atomic E-state index is 13.7. The van der Waals surface area contributed by atoms with E-state index in [1.54, 1.807) is 6.07 Å². The molecule has 5 heteroatoms. The van der Waals surface area contributed by atoms with Crippen molar-refractivity contribution in [2.45, 2.75) is 13.5 Å². The Labute approximate surface area is 129 Å². The summed E-state index contributed by atoms with van der Waals surface area (Å²) < 4.78 is 19.0. The fraction of sp³-hybridized carbons (Fsp3) is 0.250. The van der Waals surface area contributed by atoms with Gasteiger partial charge in [-0.1, -0.05) is 23.7 Å². The molecule has 0 saturated heterocycles. The number of benzene rings is 2. The Bertz CT molecular complexity index is 634. The summed E-state index contributed by atoms with van der Waals surface area (Å²) in [4.78, 5) is 1.93. The number of ether oxygens (including phenoxy) is 1. The van der Waals surface area contributed by atoms with Gasteiger partial charge in [-0.05, 0) is 24.6 Å². The molecular formula is C16H18ClFN2O. The molecule has 2 N–H and O–H groups in total. The predicted molar refractivity (Wildman–Crippen MR) is 85.5 cm³/mol. The molecule has 0 fully saturated rings. The summed E-state index contributed by atoms with van der Waals surface area (Å²) >= 11 is 5.98. The van der Waals surface area contributed by atoms with Crippen molar-refractivity contribution in [1.29, 1.82) is 0 Å². The van der Waals surface area contributed by atoms with Crippen molar-refractivity contribution in [2.24, 2.45) is 0 Å². The highest BCUT2D eigenvalue weighted by molar-refractivity contribution is 6.30. The summed E-state index contributed by atoms with van der Waals surface area (Å²) in [7, 11) is 1.89. The Hall–Kier alpha value is -1.94. The molecule has 0 bridgehead atoms. The lowest BCUT2D eigenvalue weighted by Gasteiger charge is -2.22. The van der Waals surface area contributed by atoms with Crippen LogP contribution in [-0.2, 0) is 6.54 Å². The molecule has 0 aromatic heterocycles. The molecule has 0 spiro atoms. The smallest absolute Gasteiger partial charge is 0.167 e. The maximum absolute atomic E-state index is 13.7. The van der Waals surface area contributed by atoms with E-state index >= 15 is 0 Å². The van der Waals surface area contributed by atoms with Crippen molar-refractivity contribution in [3.8, 4) is 5.75 Å². The van der Waals surface area contributed by atoms with Crippen molar-refractivity contribution in [3.63, 3.8) is 0 Å². The Morgan fingerprint density at radius 3 is 2.71 bits per heavy atom. The second-order valence-corrected chi connectivity index (χ2v) is 5.20. The zero-order chi connectivity index (χ0) is 15.4. The lowest BCUT2D eigenvalue weighted by Crippen LogP contribution is -2.18. The van der Waals surface area contributed by atoms with Crippen LogP contribution in [0.1, 0.15) is 12.5 Å². The summed E-state index contributed by atoms with van der Waals surface area (Å²) in [5.74, 6) is -0.242. The van der Waals surface area contributed by atoms with Gasteiger partial charge in [0.25, 0.3) is 0 Å². The molecule has 0 aliphatic heterocycles. The molecule has 21 heavy (non-hydrogen) atoms. The quantitative estimate of drug-likeness (QED) is 0.845. The van der Waals surface area contributed by atoms with Crippen LogP contribution < -0.4 is 15.4 Å². The van der Waals surface area contributed by atoms with Gasteiger partial charge in [0.15, 0.2) is 11.6 Å². The van der Waals surface area contributed by atoms with Crippen molar-refractivity contribution in [3.05, 3.63) is 52.8 Å². The molecule has 0 heterocycles. The fourth-order valence-corrected chi connectivity index (χ4v) is 2.36. The third-order valence-electron chi connectivity index (χ3n) is 3.10. The van der Waals surface area contributed by atoms with Gasteiger partial charge in [0.05, 0.1) is 18.0 Å². The van der Waals surface area contributed by atoms with Crippen LogP contribution in [0.2, 0.25) is 5.02 Å². The number of anilines is 2. The minimum atomic E-state index is -0.450. The SMILES string of the molecule is CCOc1cc(N(C)Cc2cccc(Cl)c2)c(N)cc1F. The highest BCUT2D eigenvalue weighted by atomic mass is 35.5. The monoisotopic (exact) mass is 308 g/mol. The number of hydrogen-bond acceptors (Lipinski definition) is 3. The number of halogens is 2. The third-order valence-corrected chi connectivity index (χ3v) is 3.34. The molecule has 2 aromatic rings. The van der Waals surface area contributed by atoms with Gasteiger partial charge in [0.1, 0.15) is 0 Å². The first-order valence-corrected chi connectivity index (χ1v) is 7.06. The summed E-state index contributed by atoms with van der Waals surface area (Å²) in [6.07, 6.45) is 0. The normalized spacial score (nSPS) is 10.5. The minimum Gasteiger partial charge on any atom is -0.491 e. The molecule has 2 aromatic carbocycles. The van der Waals surface area contributed by atoms with E-state index in [2.05, 4.69) is 0 Å². The Morgan fingerprint density at radius 2 is 2.05 bits per heavy atom. The summed E-state index contributed by atoms with van der Waals surface area (Å²) in [5, 5.41) is 0.683. The van der Waals surface area contributed by atoms with Crippen LogP contribution in [0.3, 0.4) is 0 Å². The first-order valence-electron chi connectivity index (χ1n) is 6.68. The van der Waals surface area contributed by atoms with Crippen LogP contribution in [0.5, 0.6) is 5.75 Å². The summed E-state index contributed by atoms with van der Waals surface area (Å²) in [6.45, 7) is 2.82. The van der Waals surface area contributed by atoms with E-state index in [1.807, 2.05) is 43.1 Å². The third kappa shape index (κ3) is 3.79. The van der Waals surface area contributed by atoms with Gasteiger partial charge in [-0.15, -0.1) is 0 Å². The Morgan fingerprint density at radius 1 is 1.29 bits per heavy atom. The second-order valence-electron chi connectivity index (χ2n) is 4.76. The highest BCUT2D eigenvalue weighted by Crippen LogP contribution is 2.31. The first kappa shape index (κ1) is 15.4. The van der Waals surface area contributed by atoms with E-state index in [1.165, 1.54) is 6.07 Å². The van der Waals surface area contributed by atoms with Crippen LogP contribution in [0.15, 0.2) is 36.4 Å². The van der Waals surface area contributed by atoms with E-state index in [9.17, 15) is 4.39 Å². The molecule has 0 aliphatic carbocycles. The van der Waals surface area contributed by atoms with E-state index in [-0.39, 0.29) is 5.75 Å². The van der Waals surface area contributed by atoms with Crippen molar-refractivity contribution in [2.75, 3.05) is 24.3 Å². The number of nitrogens with zero attached hydrogens (tertiary/aromatic N) is 1. The highest BCUT2D eigenvalue weighted by Gasteiger charge is 2.12. The van der Waals surface area contributed by atoms with Crippen LogP contribution in [-0.4, -0.2) is 13.7 Å². The van der Waals surface area contributed by atoms with E-state index in [4.69, 9.17) is 22.1 Å². The molecule has 0 atom stereocenters. The van der Waals surface area contributed by atoms with Crippen LogP contribution in [0.25, 0.3) is 0 Å². The van der Waals surface area contributed by atoms with Crippen LogP contribution >= 0.6 is 11.6 Å². The first-order chi connectivity index (χ1) is 10.0. The van der Waals surface area contributed by atoms with E-state index < -0.39 is 5.82 Å². The Balaban J connectivity index is 2.26. The van der Waals surface area contributed by atoms with E-state index in [0.29, 0.717) is 23.9 Å². The van der Waals surface area contributed by atoms with Gasteiger partial charge >= 0.3 is 0 Å². The number of nitrogens with two attached hydrogens (primary N) is 1. The molecule has 2 rings (SSSR count). The zero-order valence-electron chi connectivity index (χ0n) is 12.1. The molecular weight excluding hydrogens is 291 g/mol. The number of nitrogen functional groups attached to an aromatic ring is 1. The molecule has 0 radical (unpaired) electrons. The Kier molecular flexibility index (Phi) is 4.91. The van der Waals surface area contributed by atoms with E-state index in [0.717, 1.165) is 11.3 Å². The predicted octanol–water partition coefficient (Wildman–Crippen LogP) is 4.10. The molecule has 0 unspecified atom stereocenters. The second kappa shape index (κ2) is 6.68. The van der Waals surface area contributed by atoms with Gasteiger partial charge in [-0.2, -0.15) is 0 Å². The van der Waals surface area contributed by atoms with Crippen molar-refractivity contribution >= 4 is 23.0 Å². The molecule has 0 saturated carbocycles. The standard InChI is InChI=1S/C16H18ClFN2O/c1-3-21-16-9-15(14(19)8-13(16)18)20(2)10-11-5-4-6-12(17)7-11/h4-9H,3,10,19H2,1-2H3. The van der Waals surface area contributed by atoms with Gasteiger partial charge in [-0.3, -0.25) is 0 Å². The van der Waals surface area contributed by atoms with Gasteiger partial charge in [0, 0.05) is 30.7 Å². The largest absolute Gasteiger partial charge is 0.491 e. The van der Waals surface area contributed by atoms with Gasteiger partial charge in [-0.25, -0.2) is 4.39 Å². The van der Waals surface area contributed by atoms with Crippen molar-refractivity contribution < 1.29 is 9.13 Å². The van der Waals surface area contributed by atoms with Crippen LogP contribution in [0, 0.1) is 5.82 Å². The van der Waals surface area contributed by atoms with Crippen LogP contribution in [0.4, 0.5) is 15.8 Å². The average molecular weight is 309 g/mol. The fourth-order valence-electron chi connectivity index (χ4n) is 2.15. The lowest BCUT2D eigenvalue weighted by atomic mass is 10.2.